The zero-order valence-corrected chi connectivity index (χ0v) is 15.8. The van der Waals surface area contributed by atoms with Gasteiger partial charge < -0.3 is 20.3 Å². The Balaban J connectivity index is 1.75. The molecule has 0 fully saturated rings. The first kappa shape index (κ1) is 17.5. The lowest BCUT2D eigenvalue weighted by Gasteiger charge is -2.34. The van der Waals surface area contributed by atoms with E-state index in [4.69, 9.17) is 4.74 Å². The summed E-state index contributed by atoms with van der Waals surface area (Å²) in [6, 6.07) is 15.0. The van der Waals surface area contributed by atoms with Crippen LogP contribution in [-0.4, -0.2) is 38.1 Å². The van der Waals surface area contributed by atoms with Crippen LogP contribution in [0.25, 0.3) is 0 Å². The highest BCUT2D eigenvalue weighted by Gasteiger charge is 2.30. The number of fused-ring (bicyclic) bond motifs is 1. The van der Waals surface area contributed by atoms with Crippen molar-refractivity contribution in [2.45, 2.75) is 6.10 Å². The number of para-hydroxylation sites is 2. The average Bonchev–Trinajstić information content (AvgIpc) is 2.60. The van der Waals surface area contributed by atoms with E-state index in [2.05, 4.69) is 33.2 Å². The van der Waals surface area contributed by atoms with Gasteiger partial charge in [0.05, 0.1) is 18.8 Å². The summed E-state index contributed by atoms with van der Waals surface area (Å²) in [6.45, 7) is 0.454. The second-order valence-corrected chi connectivity index (χ2v) is 6.87. The Kier molecular flexibility index (Phi) is 5.42. The number of halogens is 1. The maximum absolute atomic E-state index is 12.5. The summed E-state index contributed by atoms with van der Waals surface area (Å²) in [7, 11) is 1.57. The fourth-order valence-corrected chi connectivity index (χ4v) is 3.24. The molecule has 0 aromatic heterocycles. The molecule has 0 saturated carbocycles. The molecule has 2 N–H and O–H groups in total. The molecule has 0 aliphatic carbocycles. The van der Waals surface area contributed by atoms with Crippen molar-refractivity contribution < 1.29 is 14.3 Å². The fourth-order valence-electron chi connectivity index (χ4n) is 2.69. The van der Waals surface area contributed by atoms with Crippen LogP contribution in [0.5, 0.6) is 5.75 Å². The second-order valence-electron chi connectivity index (χ2n) is 5.63. The number of hydrogen-bond acceptors (Lipinski definition) is 4. The number of carbonyl (C=O) groups excluding carboxylic acids is 2. The SMILES string of the molecule is CNC(=O)[C@H]1CN(CC(=O)Nc2cccc(I)c2)c2ccccc2O1. The van der Waals surface area contributed by atoms with Crippen LogP contribution in [0.1, 0.15) is 0 Å². The van der Waals surface area contributed by atoms with E-state index in [0.29, 0.717) is 12.3 Å². The molecule has 1 aliphatic heterocycles. The van der Waals surface area contributed by atoms with Crippen LogP contribution < -0.4 is 20.3 Å². The third-order valence-corrected chi connectivity index (χ3v) is 4.51. The fraction of sp³-hybridized carbons (Fsp3) is 0.222. The Morgan fingerprint density at radius 3 is 2.80 bits per heavy atom. The number of likely N-dealkylation sites (N-methyl/N-ethyl adjacent to an activating group) is 1. The number of rotatable bonds is 4. The van der Waals surface area contributed by atoms with E-state index in [1.807, 2.05) is 47.4 Å². The molecule has 3 rings (SSSR count). The minimum atomic E-state index is -0.648. The van der Waals surface area contributed by atoms with Crippen molar-refractivity contribution in [3.8, 4) is 5.75 Å². The minimum absolute atomic E-state index is 0.138. The molecule has 0 saturated heterocycles. The van der Waals surface area contributed by atoms with Gasteiger partial charge in [0.15, 0.2) is 6.10 Å². The zero-order valence-electron chi connectivity index (χ0n) is 13.7. The monoisotopic (exact) mass is 451 g/mol. The molecule has 0 spiro atoms. The third-order valence-electron chi connectivity index (χ3n) is 3.84. The minimum Gasteiger partial charge on any atom is -0.477 e. The predicted octanol–water partition coefficient (Wildman–Crippen LogP) is 2.24. The van der Waals surface area contributed by atoms with Crippen LogP contribution >= 0.6 is 22.6 Å². The molecule has 0 radical (unpaired) electrons. The molecule has 2 aromatic rings. The lowest BCUT2D eigenvalue weighted by atomic mass is 10.1. The van der Waals surface area contributed by atoms with Crippen LogP contribution in [0.15, 0.2) is 48.5 Å². The number of amides is 2. The van der Waals surface area contributed by atoms with E-state index in [1.165, 1.54) is 0 Å². The first-order valence-electron chi connectivity index (χ1n) is 7.84. The molecular weight excluding hydrogens is 433 g/mol. The van der Waals surface area contributed by atoms with E-state index < -0.39 is 6.10 Å². The number of anilines is 2. The summed E-state index contributed by atoms with van der Waals surface area (Å²) in [4.78, 5) is 26.3. The van der Waals surface area contributed by atoms with Crippen molar-refractivity contribution in [2.24, 2.45) is 0 Å². The maximum atomic E-state index is 12.5. The normalized spacial score (nSPS) is 15.8. The van der Waals surface area contributed by atoms with Crippen molar-refractivity contribution in [3.05, 3.63) is 52.1 Å². The summed E-state index contributed by atoms with van der Waals surface area (Å²) in [5.74, 6) is 0.247. The molecule has 0 unspecified atom stereocenters. The van der Waals surface area contributed by atoms with Crippen LogP contribution in [0.2, 0.25) is 0 Å². The smallest absolute Gasteiger partial charge is 0.262 e. The van der Waals surface area contributed by atoms with E-state index >= 15 is 0 Å². The number of ether oxygens (including phenoxy) is 1. The van der Waals surface area contributed by atoms with E-state index in [1.54, 1.807) is 13.1 Å². The molecule has 7 heteroatoms. The Hall–Kier alpha value is -2.29. The highest BCUT2D eigenvalue weighted by molar-refractivity contribution is 14.1. The van der Waals surface area contributed by atoms with Gasteiger partial charge >= 0.3 is 0 Å². The molecule has 1 aliphatic rings. The second kappa shape index (κ2) is 7.73. The van der Waals surface area contributed by atoms with Crippen molar-refractivity contribution in [1.29, 1.82) is 0 Å². The van der Waals surface area contributed by atoms with E-state index in [0.717, 1.165) is 14.9 Å². The molecule has 6 nitrogen and oxygen atoms in total. The van der Waals surface area contributed by atoms with Crippen LogP contribution in [-0.2, 0) is 9.59 Å². The topological polar surface area (TPSA) is 70.7 Å². The molecule has 0 bridgehead atoms. The number of nitrogens with zero attached hydrogens (tertiary/aromatic N) is 1. The van der Waals surface area contributed by atoms with Crippen molar-refractivity contribution in [2.75, 3.05) is 30.4 Å². The number of carbonyl (C=O) groups is 2. The van der Waals surface area contributed by atoms with Gasteiger partial charge in [0.2, 0.25) is 5.91 Å². The Labute approximate surface area is 159 Å². The maximum Gasteiger partial charge on any atom is 0.262 e. The lowest BCUT2D eigenvalue weighted by Crippen LogP contribution is -2.50. The number of benzene rings is 2. The van der Waals surface area contributed by atoms with Gasteiger partial charge in [0.25, 0.3) is 5.91 Å². The Bertz CT molecular complexity index is 797. The highest BCUT2D eigenvalue weighted by atomic mass is 127. The summed E-state index contributed by atoms with van der Waals surface area (Å²) < 4.78 is 6.79. The van der Waals surface area contributed by atoms with Crippen molar-refractivity contribution in [3.63, 3.8) is 0 Å². The van der Waals surface area contributed by atoms with Gasteiger partial charge in [-0.3, -0.25) is 9.59 Å². The quantitative estimate of drug-likeness (QED) is 0.700. The van der Waals surface area contributed by atoms with E-state index in [9.17, 15) is 9.59 Å². The summed E-state index contributed by atoms with van der Waals surface area (Å²) >= 11 is 2.20. The first-order chi connectivity index (χ1) is 12.1. The molecule has 2 aromatic carbocycles. The summed E-state index contributed by atoms with van der Waals surface area (Å²) in [5, 5.41) is 5.49. The van der Waals surface area contributed by atoms with Gasteiger partial charge in [-0.1, -0.05) is 18.2 Å². The molecule has 1 atom stereocenters. The van der Waals surface area contributed by atoms with Crippen molar-refractivity contribution >= 4 is 45.8 Å². The van der Waals surface area contributed by atoms with E-state index in [-0.39, 0.29) is 18.4 Å². The largest absolute Gasteiger partial charge is 0.477 e. The van der Waals surface area contributed by atoms with Gasteiger partial charge in [0.1, 0.15) is 5.75 Å². The molecular formula is C18H18IN3O3. The highest BCUT2D eigenvalue weighted by Crippen LogP contribution is 2.32. The van der Waals surface area contributed by atoms with Crippen LogP contribution in [0, 0.1) is 3.57 Å². The molecule has 130 valence electrons. The van der Waals surface area contributed by atoms with Gasteiger partial charge in [-0.25, -0.2) is 0 Å². The van der Waals surface area contributed by atoms with Gasteiger partial charge in [-0.2, -0.15) is 0 Å². The number of hydrogen-bond donors (Lipinski definition) is 2. The summed E-state index contributed by atoms with van der Waals surface area (Å²) in [6.07, 6.45) is -0.648. The third kappa shape index (κ3) is 4.22. The van der Waals surface area contributed by atoms with Crippen LogP contribution in [0.3, 0.4) is 0 Å². The summed E-state index contributed by atoms with van der Waals surface area (Å²) in [5.41, 5.74) is 1.56. The average molecular weight is 451 g/mol. The molecule has 1 heterocycles. The molecule has 2 amide bonds. The van der Waals surface area contributed by atoms with Gasteiger partial charge in [0, 0.05) is 16.3 Å². The zero-order chi connectivity index (χ0) is 17.8. The Morgan fingerprint density at radius 1 is 1.24 bits per heavy atom. The van der Waals surface area contributed by atoms with Gasteiger partial charge in [-0.15, -0.1) is 0 Å². The predicted molar refractivity (Wildman–Crippen MR) is 105 cm³/mol. The van der Waals surface area contributed by atoms with Crippen LogP contribution in [0.4, 0.5) is 11.4 Å². The lowest BCUT2D eigenvalue weighted by molar-refractivity contribution is -0.127. The standard InChI is InChI=1S/C18H18IN3O3/c1-20-18(24)16-10-22(14-7-2-3-8-15(14)25-16)11-17(23)21-13-6-4-5-12(19)9-13/h2-9,16H,10-11H2,1H3,(H,20,24)(H,21,23)/t16-/m1/s1. The Morgan fingerprint density at radius 2 is 2.04 bits per heavy atom. The number of nitrogens with one attached hydrogen (secondary N) is 2. The molecule has 25 heavy (non-hydrogen) atoms. The van der Waals surface area contributed by atoms with Crippen molar-refractivity contribution in [1.82, 2.24) is 5.32 Å². The first-order valence-corrected chi connectivity index (χ1v) is 8.92. The van der Waals surface area contributed by atoms with Gasteiger partial charge in [-0.05, 0) is 52.9 Å².